The van der Waals surface area contributed by atoms with Crippen LogP contribution in [0.2, 0.25) is 0 Å². The number of hydrogen-bond acceptors (Lipinski definition) is 0. The Morgan fingerprint density at radius 2 is 1.86 bits per heavy atom. The Morgan fingerprint density at radius 1 is 1.29 bits per heavy atom. The number of rotatable bonds is 2. The molecule has 0 aromatic heterocycles. The van der Waals surface area contributed by atoms with E-state index in [2.05, 4.69) is 0 Å². The molecule has 0 saturated carbocycles. The van der Waals surface area contributed by atoms with E-state index in [1.54, 1.807) is 6.08 Å². The Hall–Kier alpha value is 0.727. The Balaban J connectivity index is 0. The van der Waals surface area contributed by atoms with Gasteiger partial charge in [0, 0.05) is 21.1 Å². The van der Waals surface area contributed by atoms with Crippen LogP contribution in [0.15, 0.2) is 18.2 Å². The Bertz CT molecular complexity index is 64.1. The molecule has 0 radical (unpaired) electrons. The molecular weight excluding hydrogens is 428 g/mol. The monoisotopic (exact) mass is 433 g/mol. The maximum absolute atomic E-state index is 4.99. The third-order valence-electron chi connectivity index (χ3n) is 0.301. The van der Waals surface area contributed by atoms with Crippen molar-refractivity contribution in [3.63, 3.8) is 0 Å². The van der Waals surface area contributed by atoms with Crippen LogP contribution in [0.25, 0.3) is 0 Å². The summed E-state index contributed by atoms with van der Waals surface area (Å²) in [5, 5.41) is 0. The fourth-order valence-electron chi connectivity index (χ4n) is 0.110. The average molecular weight is 433 g/mol. The summed E-state index contributed by atoms with van der Waals surface area (Å²) in [4.78, 5) is 0. The summed E-state index contributed by atoms with van der Waals surface area (Å²) in [6.07, 6.45) is 5.22. The summed E-state index contributed by atoms with van der Waals surface area (Å²) in [6.45, 7) is 4.99. The summed E-state index contributed by atoms with van der Waals surface area (Å²) in [6, 6.07) is 0. The molecule has 0 aliphatic carbocycles. The molecule has 0 aromatic rings. The van der Waals surface area contributed by atoms with Gasteiger partial charge in [-0.3, -0.25) is 0 Å². The van der Waals surface area contributed by atoms with Gasteiger partial charge in [-0.2, -0.15) is 0 Å². The van der Waals surface area contributed by atoms with Gasteiger partial charge in [0.1, 0.15) is 0 Å². The van der Waals surface area contributed by atoms with Gasteiger partial charge in [0.05, 0.1) is 0 Å². The van der Waals surface area contributed by atoms with Gasteiger partial charge in [0.2, 0.25) is 0 Å². The van der Waals surface area contributed by atoms with Crippen LogP contribution in [0.4, 0.5) is 0 Å². The fraction of sp³-hybridized carbons (Fsp3) is 0. The first-order valence-corrected chi connectivity index (χ1v) is 3.26. The third kappa shape index (κ3) is 10.8. The molecule has 0 aromatic carbocycles. The largest absolute Gasteiger partial charge is 0 e. The minimum Gasteiger partial charge on any atom is 0 e. The summed E-state index contributed by atoms with van der Waals surface area (Å²) in [5.41, 5.74) is 0. The maximum Gasteiger partial charge on any atom is 0 e. The van der Waals surface area contributed by atoms with E-state index in [4.69, 9.17) is 6.58 Å². The molecule has 0 bridgehead atoms. The van der Waals surface area contributed by atoms with Crippen molar-refractivity contribution < 1.29 is 40.4 Å². The zero-order valence-corrected chi connectivity index (χ0v) is 9.57. The predicted molar refractivity (Wildman–Crippen MR) is 24.1 cm³/mol. The van der Waals surface area contributed by atoms with Crippen LogP contribution in [0.3, 0.4) is 0 Å². The first kappa shape index (κ1) is 10.7. The van der Waals surface area contributed by atoms with E-state index < -0.39 is 0 Å². The fourth-order valence-corrected chi connectivity index (χ4v) is 0.435. The van der Waals surface area contributed by atoms with E-state index in [1.807, 2.05) is 10.5 Å². The van der Waals surface area contributed by atoms with Crippen molar-refractivity contribution in [3.8, 4) is 0 Å². The molecule has 0 saturated heterocycles. The standard InChI is InChI=1S/C5H5.2W/c1-3-5-4-2;;/h1-5H;;/q-1;;/b5-3-;;. The van der Waals surface area contributed by atoms with E-state index in [-0.39, 0.29) is 21.1 Å². The molecule has 0 aliphatic heterocycles. The van der Waals surface area contributed by atoms with Crippen LogP contribution in [0, 0.1) is 6.58 Å². The van der Waals surface area contributed by atoms with Crippen molar-refractivity contribution in [2.75, 3.05) is 0 Å². The van der Waals surface area contributed by atoms with E-state index in [0.29, 0.717) is 0 Å². The summed E-state index contributed by atoms with van der Waals surface area (Å²) >= 11 is 1.45. The van der Waals surface area contributed by atoms with Crippen LogP contribution in [-0.2, 0) is 40.4 Å². The van der Waals surface area contributed by atoms with Crippen LogP contribution < -0.4 is 0 Å². The molecule has 0 N–H and O–H groups in total. The maximum atomic E-state index is 4.99. The molecule has 0 atom stereocenters. The number of hydrogen-bond donors (Lipinski definition) is 0. The van der Waals surface area contributed by atoms with Crippen molar-refractivity contribution in [2.45, 2.75) is 0 Å². The van der Waals surface area contributed by atoms with Crippen molar-refractivity contribution >= 4 is 4.40 Å². The molecule has 7 heavy (non-hydrogen) atoms. The molecule has 0 nitrogen and oxygen atoms in total. The zero-order valence-electron chi connectivity index (χ0n) is 3.70. The van der Waals surface area contributed by atoms with E-state index >= 15 is 0 Å². The van der Waals surface area contributed by atoms with Crippen molar-refractivity contribution in [1.29, 1.82) is 0 Å². The third-order valence-corrected chi connectivity index (χ3v) is 0.865. The SMILES string of the molecule is [CH-]=C/C=C\[CH]=[W].[W]. The van der Waals surface area contributed by atoms with Gasteiger partial charge < -0.3 is 0 Å². The van der Waals surface area contributed by atoms with Crippen LogP contribution in [-0.4, -0.2) is 4.40 Å². The van der Waals surface area contributed by atoms with Crippen LogP contribution >= 0.6 is 0 Å². The summed E-state index contributed by atoms with van der Waals surface area (Å²) in [7, 11) is 0. The van der Waals surface area contributed by atoms with Crippen molar-refractivity contribution in [3.05, 3.63) is 24.8 Å². The molecule has 0 rings (SSSR count). The first-order valence-electron chi connectivity index (χ1n) is 1.57. The Morgan fingerprint density at radius 3 is 2.00 bits per heavy atom. The second kappa shape index (κ2) is 9.87. The topological polar surface area (TPSA) is 0 Å². The Kier molecular flexibility index (Phi) is 15.0. The molecule has 0 spiro atoms. The minimum absolute atomic E-state index is 0. The van der Waals surface area contributed by atoms with Gasteiger partial charge in [-0.1, -0.05) is 0 Å². The molecule has 0 aliphatic rings. The average Bonchev–Trinajstić information content (AvgIpc) is 1.61. The molecule has 0 amide bonds. The Labute approximate surface area is 69.4 Å². The molecule has 38 valence electrons. The molecule has 0 heterocycles. The summed E-state index contributed by atoms with van der Waals surface area (Å²) in [5.74, 6) is 0. The van der Waals surface area contributed by atoms with Crippen molar-refractivity contribution in [2.24, 2.45) is 0 Å². The van der Waals surface area contributed by atoms with E-state index in [0.717, 1.165) is 0 Å². The van der Waals surface area contributed by atoms with Gasteiger partial charge >= 0.3 is 48.6 Å². The van der Waals surface area contributed by atoms with Gasteiger partial charge in [-0.05, 0) is 0 Å². The van der Waals surface area contributed by atoms with Gasteiger partial charge in [0.15, 0.2) is 0 Å². The summed E-state index contributed by atoms with van der Waals surface area (Å²) < 4.78 is 2.00. The van der Waals surface area contributed by atoms with Crippen LogP contribution in [0.1, 0.15) is 0 Å². The number of allylic oxidation sites excluding steroid dienone is 3. The predicted octanol–water partition coefficient (Wildman–Crippen LogP) is 0.878. The van der Waals surface area contributed by atoms with Gasteiger partial charge in [-0.15, -0.1) is 0 Å². The normalized spacial score (nSPS) is 7.43. The van der Waals surface area contributed by atoms with Crippen molar-refractivity contribution in [1.82, 2.24) is 0 Å². The quantitative estimate of drug-likeness (QED) is 0.449. The second-order valence-electron chi connectivity index (χ2n) is 0.713. The first-order chi connectivity index (χ1) is 2.91. The van der Waals surface area contributed by atoms with Gasteiger partial charge in [-0.25, -0.2) is 0 Å². The van der Waals surface area contributed by atoms with E-state index in [9.17, 15) is 0 Å². The van der Waals surface area contributed by atoms with Crippen LogP contribution in [0.5, 0.6) is 0 Å². The molecule has 2 heteroatoms. The zero-order chi connectivity index (χ0) is 4.83. The minimum atomic E-state index is 0. The van der Waals surface area contributed by atoms with Gasteiger partial charge in [0.25, 0.3) is 0 Å². The molecule has 0 fully saturated rings. The molecule has 0 unspecified atom stereocenters. The second-order valence-corrected chi connectivity index (χ2v) is 1.69. The smallest absolute Gasteiger partial charge is 0 e. The molecular formula is C5H5W2-. The van der Waals surface area contributed by atoms with E-state index in [1.165, 1.54) is 25.4 Å².